The van der Waals surface area contributed by atoms with Gasteiger partial charge in [-0.25, -0.2) is 23.1 Å². The van der Waals surface area contributed by atoms with Crippen molar-refractivity contribution in [3.05, 3.63) is 299 Å². The van der Waals surface area contributed by atoms with Crippen molar-refractivity contribution in [1.82, 2.24) is 20.4 Å². The Balaban J connectivity index is 0.000000260. The van der Waals surface area contributed by atoms with Crippen LogP contribution in [0.3, 0.4) is 0 Å². The molecule has 14 N–H and O–H groups in total. The Morgan fingerprint density at radius 1 is 0.723 bits per heavy atom. The molecule has 10 aromatic rings. The Kier molecular flexibility index (Phi) is 45.1. The summed E-state index contributed by atoms with van der Waals surface area (Å²) in [5.74, 6) is -1.62. The van der Waals surface area contributed by atoms with E-state index in [2.05, 4.69) is 56.2 Å². The molecule has 2 aliphatic carbocycles. The summed E-state index contributed by atoms with van der Waals surface area (Å²) < 4.78 is 55.7. The van der Waals surface area contributed by atoms with Gasteiger partial charge in [0.25, 0.3) is 12.4 Å². The number of aliphatic imine (C=N–C) groups is 1. The number of rotatable bonds is 35. The number of carbonyl (C=O) groups is 6. The molecule has 0 radical (unpaired) electrons. The minimum atomic E-state index is -4.06. The molecule has 1 aromatic heterocycles. The highest BCUT2D eigenvalue weighted by molar-refractivity contribution is 7.89. The molecule has 15 rings (SSSR count). The molecular formula is C102H118Cl6N10O18S. The van der Waals surface area contributed by atoms with Crippen LogP contribution in [-0.2, 0) is 73.3 Å². The van der Waals surface area contributed by atoms with Crippen LogP contribution < -0.4 is 47.2 Å². The zero-order valence-electron chi connectivity index (χ0n) is 75.8. The largest absolute Gasteiger partial charge is 0.493 e. The van der Waals surface area contributed by atoms with Crippen molar-refractivity contribution < 1.29 is 88.9 Å². The molecule has 9 aromatic carbocycles. The molecule has 28 nitrogen and oxygen atoms in total. The minimum absolute atomic E-state index is 0. The third-order valence-corrected chi connectivity index (χ3v) is 25.5. The number of aromatic nitrogens is 2. The molecule has 2 amide bonds. The van der Waals surface area contributed by atoms with E-state index in [-0.39, 0.29) is 68.7 Å². The predicted octanol–water partition coefficient (Wildman–Crippen LogP) is 17.5. The molecule has 3 unspecified atom stereocenters. The number of terminal acetylenes is 1. The second-order valence-corrected chi connectivity index (χ2v) is 35.4. The zero-order valence-corrected chi connectivity index (χ0v) is 81.2. The van der Waals surface area contributed by atoms with Gasteiger partial charge in [0.05, 0.1) is 77.2 Å². The number of aliphatic hydroxyl groups is 2. The van der Waals surface area contributed by atoms with Crippen LogP contribution in [0.5, 0.6) is 17.2 Å². The number of benzene rings is 9. The van der Waals surface area contributed by atoms with E-state index in [1.165, 1.54) is 39.3 Å². The maximum atomic E-state index is 13.1. The average molecular weight is 2020 g/mol. The average Bonchev–Trinajstić information content (AvgIpc) is 1.67. The summed E-state index contributed by atoms with van der Waals surface area (Å²) >= 11 is 24.3. The van der Waals surface area contributed by atoms with Crippen molar-refractivity contribution >= 4 is 140 Å². The van der Waals surface area contributed by atoms with E-state index in [1.54, 1.807) is 49.7 Å². The van der Waals surface area contributed by atoms with Crippen LogP contribution in [0.1, 0.15) is 149 Å². The van der Waals surface area contributed by atoms with Crippen LogP contribution in [-0.4, -0.2) is 164 Å². The van der Waals surface area contributed by atoms with Gasteiger partial charge in [-0.05, 0) is 190 Å². The maximum absolute atomic E-state index is 13.1. The van der Waals surface area contributed by atoms with Crippen LogP contribution in [0.2, 0.25) is 20.1 Å². The number of hydrogen-bond donors (Lipinski definition) is 10. The van der Waals surface area contributed by atoms with Gasteiger partial charge in [-0.1, -0.05) is 216 Å². The van der Waals surface area contributed by atoms with Crippen LogP contribution in [0.15, 0.2) is 245 Å². The van der Waals surface area contributed by atoms with E-state index in [9.17, 15) is 57.6 Å². The number of carbonyl (C=O) groups excluding carboxylic acids is 4. The molecule has 5 aliphatic rings. The summed E-state index contributed by atoms with van der Waals surface area (Å²) in [6.45, 7) is 6.37. The predicted molar refractivity (Wildman–Crippen MR) is 541 cm³/mol. The molecule has 1 fully saturated rings. The lowest BCUT2D eigenvalue weighted by molar-refractivity contribution is -0.151. The molecule has 0 spiro atoms. The lowest BCUT2D eigenvalue weighted by Crippen LogP contribution is -2.44. The summed E-state index contributed by atoms with van der Waals surface area (Å²) in [4.78, 5) is 77.4. The van der Waals surface area contributed by atoms with Gasteiger partial charge in [-0.15, -0.1) is 24.8 Å². The summed E-state index contributed by atoms with van der Waals surface area (Å²) in [6, 6.07) is 62.1. The molecule has 0 saturated carbocycles. The van der Waals surface area contributed by atoms with Gasteiger partial charge >= 0.3 is 17.9 Å². The standard InChI is InChI=1S/C26H28O4.C22H32N2O5.C21H22ClNO5.C14H11ClN2O4S.C10H10Cl2N2.C9H9N3.2ClH.2H2/c1-28-23-13-4-5-14-24(23)29-16-7-6-11-21(27)18-30-25-15-8-10-20-17-19-9-2-3-12-22(19)26(20)25;23-13-5-4-9-17(20(25)24-14-6-10-19(24)22(28)29)15-18(21(26)27)12-11-16-7-2-1-3-8-16;1-3-28-21(25)19-15(11-26-9-8-23)10-14(2)17(12-27-13-24)20(19)16-6-4-5-7-18(16)22;15-11-6-5-8(7-12(11)22(16,20)21)14(19)10-4-2-1-3-9(10)13(18)17-14;11-7-3-1-4-8(12)10(7)14-9-5-2-6-13-9;10-5-9-8-4-2-1-3-7(8)6-11-12-9;;;;/h2-5,8-10,12-15,21,27H,6-7,11,16-18H2,1H3;1-3,7-8,17-19H,4-6,9-15,23H2,(H,26,27)(H,28,29);1,4-7,13,20H,8-12,23H2,2H3;1-7,19H,(H,17,18)(H2,16,20,21);1,3-4H,2,5-6H2,(H,13,14);1-4,6H,5,10H2;4*1H/t;17-,18-,19-;;;;;;;;/m.0......../s1. The third kappa shape index (κ3) is 31.0. The number of nitrogens with two attached hydrogens (primary N) is 4. The van der Waals surface area contributed by atoms with Gasteiger partial charge < -0.3 is 81.6 Å². The molecule has 6 atom stereocenters. The van der Waals surface area contributed by atoms with Crippen molar-refractivity contribution in [2.75, 3.05) is 71.6 Å². The van der Waals surface area contributed by atoms with Gasteiger partial charge in [-0.3, -0.25) is 24.2 Å². The monoisotopic (exact) mass is 2010 g/mol. The molecule has 1 saturated heterocycles. The summed E-state index contributed by atoms with van der Waals surface area (Å²) in [6.07, 6.45) is 18.7. The van der Waals surface area contributed by atoms with Gasteiger partial charge in [0.15, 0.2) is 17.2 Å². The number of nitrogens with one attached hydrogen (secondary N) is 2. The Morgan fingerprint density at radius 3 is 2.07 bits per heavy atom. The highest BCUT2D eigenvalue weighted by Gasteiger charge is 2.44. The van der Waals surface area contributed by atoms with Gasteiger partial charge in [0, 0.05) is 85.3 Å². The number of fused-ring (bicyclic) bond motifs is 5. The quantitative estimate of drug-likeness (QED) is 0.00580. The maximum Gasteiger partial charge on any atom is 0.348 e. The minimum Gasteiger partial charge on any atom is -0.493 e. The summed E-state index contributed by atoms with van der Waals surface area (Å²) in [5, 5.41) is 62.7. The number of aliphatic hydroxyl groups excluding tert-OH is 1. The van der Waals surface area contributed by atoms with E-state index < -0.39 is 69.5 Å². The Labute approximate surface area is 833 Å². The van der Waals surface area contributed by atoms with Crippen LogP contribution in [0, 0.1) is 24.4 Å². The summed E-state index contributed by atoms with van der Waals surface area (Å²) in [5.41, 5.74) is 26.7. The first-order valence-electron chi connectivity index (χ1n) is 44.2. The molecule has 3 aliphatic heterocycles. The van der Waals surface area contributed by atoms with Crippen molar-refractivity contribution in [1.29, 1.82) is 0 Å². The number of sulfonamides is 1. The fourth-order valence-corrected chi connectivity index (χ4v) is 18.2. The zero-order chi connectivity index (χ0) is 97.0. The third-order valence-electron chi connectivity index (χ3n) is 23.1. The topological polar surface area (TPSA) is 442 Å². The molecule has 0 bridgehead atoms. The number of anilines is 1. The Morgan fingerprint density at radius 2 is 1.39 bits per heavy atom. The van der Waals surface area contributed by atoms with Crippen molar-refractivity contribution in [2.45, 2.75) is 138 Å². The normalized spacial score (nSPS) is 15.9. The Hall–Kier alpha value is -11.5. The van der Waals surface area contributed by atoms with Crippen LogP contribution in [0.4, 0.5) is 5.69 Å². The number of aliphatic carboxylic acids is 2. The number of amidine groups is 1. The second-order valence-electron chi connectivity index (χ2n) is 32.2. The van der Waals surface area contributed by atoms with Crippen LogP contribution >= 0.6 is 71.2 Å². The van der Waals surface area contributed by atoms with E-state index in [0.717, 1.165) is 125 Å². The number of carboxylic acid groups (broad SMARTS) is 2. The highest BCUT2D eigenvalue weighted by Crippen LogP contribution is 2.46. The number of unbranched alkanes of at least 4 members (excludes halogenated alkanes) is 2. The lowest BCUT2D eigenvalue weighted by atomic mass is 9.75. The lowest BCUT2D eigenvalue weighted by Gasteiger charge is -2.31. The van der Waals surface area contributed by atoms with Gasteiger partial charge in [0.2, 0.25) is 15.9 Å². The molecule has 4 heterocycles. The number of methoxy groups -OCH3 is 1. The van der Waals surface area contributed by atoms with E-state index in [1.807, 2.05) is 134 Å². The molecule has 35 heteroatoms. The number of para-hydroxylation sites is 3. The molecular weight excluding hydrogens is 1900 g/mol. The number of nitrogens with zero attached hydrogens (tertiary/aromatic N) is 4. The number of carboxylic acids is 2. The number of ether oxygens (including phenoxy) is 6. The van der Waals surface area contributed by atoms with Gasteiger partial charge in [0.1, 0.15) is 41.8 Å². The molecule has 137 heavy (non-hydrogen) atoms. The number of esters is 1. The SMILES string of the molecule is C#COC(=O)C1=C(COCCN)CC(C)=C(COC=O)C1c1ccccc1Cl.COc1ccccc1OCCCCC(O)COc1cccc2c1-c1ccccc1C2.Cl.Cl.Clc1cccc(Cl)c1NC1=NCCC1.NCCCC[C@@H](C[C@H](CCc1ccccc1)C(=O)O)C(=O)N1CCC[C@H]1C(=O)O.NCc1nncc2ccccc12.NS(=O)(=O)c1cc(C2(O)NC(=O)c3ccccc32)ccc1Cl.[HH].[HH]. The fraction of sp³-hybridized carbons (Fsp3) is 0.324. The Bertz CT molecular complexity index is 6010. The number of primary sulfonamides is 1. The van der Waals surface area contributed by atoms with Crippen LogP contribution in [0.25, 0.3) is 21.9 Å². The number of hydrogen-bond acceptors (Lipinski definition) is 23. The van der Waals surface area contributed by atoms with E-state index in [4.69, 9.17) is 104 Å². The smallest absolute Gasteiger partial charge is 0.348 e. The second kappa shape index (κ2) is 55.8. The number of likely N-dealkylation sites (tertiary alicyclic amines) is 1. The van der Waals surface area contributed by atoms with Crippen molar-refractivity contribution in [3.63, 3.8) is 0 Å². The highest BCUT2D eigenvalue weighted by atomic mass is 35.5. The molecule has 732 valence electrons. The van der Waals surface area contributed by atoms with Crippen molar-refractivity contribution in [2.24, 2.45) is 39.2 Å². The fourth-order valence-electron chi connectivity index (χ4n) is 16.4. The van der Waals surface area contributed by atoms with Crippen molar-refractivity contribution in [3.8, 4) is 40.9 Å². The number of amides is 2. The number of allylic oxidation sites excluding steroid dienone is 1. The van der Waals surface area contributed by atoms with E-state index in [0.29, 0.717) is 135 Å². The first-order valence-corrected chi connectivity index (χ1v) is 47.2. The first kappa shape index (κ1) is 111. The number of halogens is 6. The van der Waals surface area contributed by atoms with Gasteiger partial charge in [-0.2, -0.15) is 10.2 Å². The summed E-state index contributed by atoms with van der Waals surface area (Å²) in [7, 11) is -2.42. The number of aryl methyl sites for hydroxylation is 1. The first-order chi connectivity index (χ1) is 65.2. The van der Waals surface area contributed by atoms with E-state index >= 15 is 0 Å².